The van der Waals surface area contributed by atoms with Gasteiger partial charge >= 0.3 is 6.36 Å². The molecule has 0 saturated heterocycles. The van der Waals surface area contributed by atoms with Crippen molar-refractivity contribution in [2.45, 2.75) is 6.36 Å². The predicted molar refractivity (Wildman–Crippen MR) is 79.0 cm³/mol. The first kappa shape index (κ1) is 15.5. The Labute approximate surface area is 136 Å². The van der Waals surface area contributed by atoms with Gasteiger partial charge in [0.25, 0.3) is 11.5 Å². The maximum absolute atomic E-state index is 12.4. The molecule has 0 bridgehead atoms. The van der Waals surface area contributed by atoms with Crippen molar-refractivity contribution in [1.29, 1.82) is 0 Å². The van der Waals surface area contributed by atoms with E-state index in [0.717, 1.165) is 12.1 Å². The molecule has 1 heterocycles. The van der Waals surface area contributed by atoms with Crippen molar-refractivity contribution in [3.8, 4) is 5.75 Å². The second-order valence-electron chi connectivity index (χ2n) is 4.68. The maximum atomic E-state index is 12.4. The van der Waals surface area contributed by atoms with Crippen LogP contribution < -0.4 is 4.74 Å². The highest BCUT2D eigenvalue weighted by molar-refractivity contribution is 9.10. The van der Waals surface area contributed by atoms with Gasteiger partial charge in [0, 0.05) is 0 Å². The minimum Gasteiger partial charge on any atom is -0.618 e. The highest BCUT2D eigenvalue weighted by Gasteiger charge is 2.38. The smallest absolute Gasteiger partial charge is 0.573 e. The summed E-state index contributed by atoms with van der Waals surface area (Å²) in [6.07, 6.45) is -4.86. The van der Waals surface area contributed by atoms with Crippen molar-refractivity contribution < 1.29 is 27.4 Å². The van der Waals surface area contributed by atoms with Gasteiger partial charge in [-0.3, -0.25) is 4.79 Å². The van der Waals surface area contributed by atoms with Gasteiger partial charge < -0.3 is 9.94 Å². The third-order valence-corrected chi connectivity index (χ3v) is 3.83. The molecule has 0 amide bonds. The van der Waals surface area contributed by atoms with Gasteiger partial charge in [0.15, 0.2) is 0 Å². The Balaban J connectivity index is 2.08. The lowest BCUT2D eigenvalue weighted by molar-refractivity contribution is -0.356. The van der Waals surface area contributed by atoms with Gasteiger partial charge in [-0.25, -0.2) is 0 Å². The van der Waals surface area contributed by atoms with Crippen molar-refractivity contribution in [3.05, 3.63) is 63.3 Å². The molecule has 2 aromatic carbocycles. The fourth-order valence-corrected chi connectivity index (χ4v) is 2.85. The summed E-state index contributed by atoms with van der Waals surface area (Å²) < 4.78 is 41.5. The average Bonchev–Trinajstić information content (AvgIpc) is 2.70. The van der Waals surface area contributed by atoms with Crippen LogP contribution in [-0.4, -0.2) is 22.6 Å². The second kappa shape index (κ2) is 5.38. The van der Waals surface area contributed by atoms with Crippen LogP contribution in [0.1, 0.15) is 15.9 Å². The van der Waals surface area contributed by atoms with E-state index in [-0.39, 0.29) is 22.5 Å². The number of nitrogens with zero attached hydrogens (tertiary/aromatic N) is 1. The molecule has 0 N–H and O–H groups in total. The number of carbonyl (C=O) groups is 1. The summed E-state index contributed by atoms with van der Waals surface area (Å²) in [7, 11) is 0. The molecule has 0 unspecified atom stereocenters. The van der Waals surface area contributed by atoms with Gasteiger partial charge in [-0.15, -0.1) is 13.2 Å². The van der Waals surface area contributed by atoms with Crippen LogP contribution in [0.2, 0.25) is 0 Å². The van der Waals surface area contributed by atoms with Crippen LogP contribution in [0.5, 0.6) is 5.75 Å². The quantitative estimate of drug-likeness (QED) is 0.575. The van der Waals surface area contributed by atoms with Crippen LogP contribution in [0.4, 0.5) is 18.9 Å². The second-order valence-corrected chi connectivity index (χ2v) is 5.54. The molecule has 0 fully saturated rings. The third kappa shape index (κ3) is 2.81. The van der Waals surface area contributed by atoms with E-state index in [4.69, 9.17) is 0 Å². The Morgan fingerprint density at radius 1 is 1.13 bits per heavy atom. The van der Waals surface area contributed by atoms with Crippen molar-refractivity contribution in [2.24, 2.45) is 0 Å². The number of Topliss-reactive ketones (excluding diaryl/α,β-unsaturated/α-hetero) is 1. The Morgan fingerprint density at radius 3 is 2.48 bits per heavy atom. The van der Waals surface area contributed by atoms with Crippen LogP contribution in [-0.2, 0) is 0 Å². The highest BCUT2D eigenvalue weighted by atomic mass is 79.9. The number of rotatable bonds is 2. The Morgan fingerprint density at radius 2 is 1.83 bits per heavy atom. The normalized spacial score (nSPS) is 14.2. The molecule has 118 valence electrons. The maximum Gasteiger partial charge on any atom is 0.573 e. The van der Waals surface area contributed by atoms with E-state index in [9.17, 15) is 23.2 Å². The van der Waals surface area contributed by atoms with Crippen molar-refractivity contribution in [1.82, 2.24) is 0 Å². The highest BCUT2D eigenvalue weighted by Crippen LogP contribution is 2.35. The fraction of sp³-hybridized carbons (Fsp3) is 0.0667. The van der Waals surface area contributed by atoms with E-state index in [0.29, 0.717) is 9.21 Å². The molecule has 3 rings (SSSR count). The lowest BCUT2D eigenvalue weighted by atomic mass is 10.0. The number of fused-ring (bicyclic) bond motifs is 1. The summed E-state index contributed by atoms with van der Waals surface area (Å²) in [4.78, 5) is 12.4. The molecule has 0 radical (unpaired) electrons. The van der Waals surface area contributed by atoms with Gasteiger partial charge in [0.05, 0.1) is 10.0 Å². The molecule has 0 spiro atoms. The summed E-state index contributed by atoms with van der Waals surface area (Å²) in [6, 6.07) is 9.44. The molecule has 0 aliphatic carbocycles. The monoisotopic (exact) mass is 385 g/mol. The van der Waals surface area contributed by atoms with E-state index in [1.807, 2.05) is 0 Å². The van der Waals surface area contributed by atoms with Crippen molar-refractivity contribution in [2.75, 3.05) is 0 Å². The van der Waals surface area contributed by atoms with E-state index in [1.165, 1.54) is 18.2 Å². The van der Waals surface area contributed by atoms with Gasteiger partial charge in [0.1, 0.15) is 11.3 Å². The topological polar surface area (TPSA) is 52.4 Å². The third-order valence-electron chi connectivity index (χ3n) is 3.19. The lowest BCUT2D eigenvalue weighted by Gasteiger charge is -2.09. The number of ketones is 1. The number of para-hydroxylation sites is 1. The first-order valence-corrected chi connectivity index (χ1v) is 7.11. The van der Waals surface area contributed by atoms with Gasteiger partial charge in [-0.1, -0.05) is 12.1 Å². The summed E-state index contributed by atoms with van der Waals surface area (Å²) in [5, 5.41) is 12.4. The number of benzene rings is 2. The molecule has 23 heavy (non-hydrogen) atoms. The van der Waals surface area contributed by atoms with Crippen LogP contribution >= 0.6 is 15.9 Å². The first-order valence-electron chi connectivity index (χ1n) is 6.31. The Bertz CT molecular complexity index is 846. The molecular formula is C15H7BrF3NO3. The molecule has 4 nitrogen and oxygen atoms in total. The molecular weight excluding hydrogens is 379 g/mol. The number of hydrogen-bond donors (Lipinski definition) is 0. The molecule has 0 aromatic heterocycles. The SMILES string of the molecule is O=C1C(c2cccc(OC(F)(F)F)c2)=[N+]([O-])c2c(Br)cccc21. The Hall–Kier alpha value is -2.35. The summed E-state index contributed by atoms with van der Waals surface area (Å²) in [5.74, 6) is -1.06. The standard InChI is InChI=1S/C15H7BrF3NO3/c16-11-6-2-5-10-13(11)20(22)12(14(10)21)8-3-1-4-9(7-8)23-15(17,18)19/h1-7H. The number of ether oxygens (including phenoxy) is 1. The lowest BCUT2D eigenvalue weighted by Crippen LogP contribution is -2.19. The molecule has 0 saturated carbocycles. The van der Waals surface area contributed by atoms with Crippen LogP contribution in [0.25, 0.3) is 0 Å². The van der Waals surface area contributed by atoms with E-state index >= 15 is 0 Å². The van der Waals surface area contributed by atoms with Crippen molar-refractivity contribution in [3.63, 3.8) is 0 Å². The van der Waals surface area contributed by atoms with Crippen molar-refractivity contribution >= 4 is 33.1 Å². The number of alkyl halides is 3. The zero-order chi connectivity index (χ0) is 16.8. The van der Waals surface area contributed by atoms with Gasteiger partial charge in [-0.05, 0) is 46.3 Å². The summed E-state index contributed by atoms with van der Waals surface area (Å²) in [5.41, 5.74) is 0.121. The van der Waals surface area contributed by atoms with Crippen LogP contribution in [0.15, 0.2) is 46.9 Å². The molecule has 1 aliphatic rings. The zero-order valence-corrected chi connectivity index (χ0v) is 12.8. The number of halogens is 4. The predicted octanol–water partition coefficient (Wildman–Crippen LogP) is 4.18. The Kier molecular flexibility index (Phi) is 3.63. The minimum absolute atomic E-state index is 0.0508. The van der Waals surface area contributed by atoms with E-state index in [1.54, 1.807) is 12.1 Å². The average molecular weight is 386 g/mol. The number of carbonyl (C=O) groups excluding carboxylic acids is 1. The van der Waals surface area contributed by atoms with Gasteiger partial charge in [-0.2, -0.15) is 4.74 Å². The molecule has 8 heteroatoms. The minimum atomic E-state index is -4.86. The first-order chi connectivity index (χ1) is 10.8. The van der Waals surface area contributed by atoms with Crippen LogP contribution in [0, 0.1) is 5.21 Å². The largest absolute Gasteiger partial charge is 0.618 e. The fourth-order valence-electron chi connectivity index (χ4n) is 2.33. The summed E-state index contributed by atoms with van der Waals surface area (Å²) in [6.45, 7) is 0. The molecule has 2 aromatic rings. The van der Waals surface area contributed by atoms with Gasteiger partial charge in [0.2, 0.25) is 5.69 Å². The molecule has 0 atom stereocenters. The summed E-state index contributed by atoms with van der Waals surface area (Å²) >= 11 is 3.19. The van der Waals surface area contributed by atoms with E-state index in [2.05, 4.69) is 20.7 Å². The number of hydrogen-bond acceptors (Lipinski definition) is 3. The van der Waals surface area contributed by atoms with Crippen LogP contribution in [0.3, 0.4) is 0 Å². The zero-order valence-electron chi connectivity index (χ0n) is 11.2. The molecule has 1 aliphatic heterocycles. The van der Waals surface area contributed by atoms with E-state index < -0.39 is 17.9 Å².